The van der Waals surface area contributed by atoms with E-state index >= 15 is 0 Å². The largest absolute Gasteiger partial charge is 0.508 e. The van der Waals surface area contributed by atoms with Crippen molar-refractivity contribution in [1.29, 1.82) is 0 Å². The van der Waals surface area contributed by atoms with Gasteiger partial charge in [0.25, 0.3) is 0 Å². The Labute approximate surface area is 154 Å². The van der Waals surface area contributed by atoms with Crippen molar-refractivity contribution in [2.24, 2.45) is 17.8 Å². The van der Waals surface area contributed by atoms with E-state index in [9.17, 15) is 19.8 Å². The molecule has 0 heterocycles. The summed E-state index contributed by atoms with van der Waals surface area (Å²) in [4.78, 5) is 24.3. The molecule has 1 fully saturated rings. The van der Waals surface area contributed by atoms with E-state index < -0.39 is 5.97 Å². The lowest BCUT2D eigenvalue weighted by molar-refractivity contribution is -0.133. The molecule has 2 N–H and O–H groups in total. The van der Waals surface area contributed by atoms with Crippen LogP contribution in [-0.2, 0) is 17.6 Å². The van der Waals surface area contributed by atoms with Crippen LogP contribution in [0.3, 0.4) is 0 Å². The highest BCUT2D eigenvalue weighted by Crippen LogP contribution is 2.64. The molecule has 4 atom stereocenters. The number of phenolic OH excluding ortho intramolecular Hbond substituents is 1. The number of rotatable bonds is 8. The molecule has 4 nitrogen and oxygen atoms in total. The molecule has 0 aliphatic heterocycles. The lowest BCUT2D eigenvalue weighted by Gasteiger charge is -2.51. The van der Waals surface area contributed by atoms with Gasteiger partial charge in [0.1, 0.15) is 11.5 Å². The molecule has 140 valence electrons. The zero-order valence-electron chi connectivity index (χ0n) is 15.5. The van der Waals surface area contributed by atoms with Crippen molar-refractivity contribution in [3.05, 3.63) is 28.3 Å². The van der Waals surface area contributed by atoms with Crippen molar-refractivity contribution in [3.63, 3.8) is 0 Å². The number of aromatic hydroxyl groups is 1. The first-order chi connectivity index (χ1) is 12.5. The summed E-state index contributed by atoms with van der Waals surface area (Å²) in [5.41, 5.74) is 2.73. The Bertz CT molecular complexity index is 751. The fourth-order valence-electron chi connectivity index (χ4n) is 5.89. The molecule has 1 aromatic carbocycles. The molecule has 0 radical (unpaired) electrons. The molecule has 4 heteroatoms. The molecule has 0 bridgehead atoms. The topological polar surface area (TPSA) is 74.6 Å². The highest BCUT2D eigenvalue weighted by atomic mass is 16.4. The van der Waals surface area contributed by atoms with Crippen LogP contribution in [0, 0.1) is 17.8 Å². The molecular formula is C22H28O4. The van der Waals surface area contributed by atoms with Crippen LogP contribution in [0.15, 0.2) is 6.07 Å². The third-order valence-electron chi connectivity index (χ3n) is 7.04. The van der Waals surface area contributed by atoms with Gasteiger partial charge < -0.3 is 10.2 Å². The van der Waals surface area contributed by atoms with Gasteiger partial charge in [0.05, 0.1) is 5.56 Å². The minimum atomic E-state index is -1.05. The van der Waals surface area contributed by atoms with E-state index in [2.05, 4.69) is 6.92 Å². The lowest BCUT2D eigenvalue weighted by Crippen LogP contribution is -2.50. The SMILES string of the molecule is CCCCCCCCC1C2Cc3c(O)cc(C(=O)O)c4c3C2C1C(=O)C4. The molecule has 4 rings (SSSR count). The summed E-state index contributed by atoms with van der Waals surface area (Å²) < 4.78 is 0. The molecule has 26 heavy (non-hydrogen) atoms. The van der Waals surface area contributed by atoms with Gasteiger partial charge >= 0.3 is 5.97 Å². The number of carboxylic acids is 1. The molecule has 1 aromatic rings. The van der Waals surface area contributed by atoms with Crippen LogP contribution in [0.5, 0.6) is 5.75 Å². The van der Waals surface area contributed by atoms with Crippen LogP contribution in [-0.4, -0.2) is 22.0 Å². The average molecular weight is 356 g/mol. The van der Waals surface area contributed by atoms with Gasteiger partial charge in [-0.2, -0.15) is 0 Å². The number of hydrogen-bond donors (Lipinski definition) is 2. The van der Waals surface area contributed by atoms with Crippen LogP contribution in [0.25, 0.3) is 0 Å². The number of carboxylic acid groups (broad SMARTS) is 1. The Balaban J connectivity index is 1.51. The minimum absolute atomic E-state index is 0.0628. The number of carbonyl (C=O) groups is 2. The number of unbranched alkanes of at least 4 members (excludes halogenated alkanes) is 5. The molecular weight excluding hydrogens is 328 g/mol. The number of carbonyl (C=O) groups excluding carboxylic acids is 1. The van der Waals surface area contributed by atoms with Crippen molar-refractivity contribution in [3.8, 4) is 5.75 Å². The highest BCUT2D eigenvalue weighted by molar-refractivity contribution is 5.97. The predicted octanol–water partition coefficient (Wildman–Crippen LogP) is 4.47. The van der Waals surface area contributed by atoms with Crippen molar-refractivity contribution in [1.82, 2.24) is 0 Å². The Morgan fingerprint density at radius 3 is 2.58 bits per heavy atom. The van der Waals surface area contributed by atoms with Crippen LogP contribution in [0.4, 0.5) is 0 Å². The van der Waals surface area contributed by atoms with Crippen LogP contribution >= 0.6 is 0 Å². The van der Waals surface area contributed by atoms with Gasteiger partial charge in [-0.1, -0.05) is 45.4 Å². The standard InChI is InChI=1S/C22H28O4/c1-2-3-4-5-6-7-8-12-13-9-16-17(23)11-15(22(25)26)14-10-18(24)20(12)21(13)19(14)16/h11-13,20-21,23H,2-10H2,1H3,(H,25,26). The average Bonchev–Trinajstić information content (AvgIpc) is 2.94. The maximum atomic E-state index is 12.8. The van der Waals surface area contributed by atoms with Crippen molar-refractivity contribution >= 4 is 11.8 Å². The number of Topliss-reactive ketones (excluding diaryl/α,β-unsaturated/α-hetero) is 1. The monoisotopic (exact) mass is 356 g/mol. The van der Waals surface area contributed by atoms with Gasteiger partial charge in [0.2, 0.25) is 0 Å². The second-order valence-electron chi connectivity index (χ2n) is 8.40. The summed E-state index contributed by atoms with van der Waals surface area (Å²) >= 11 is 0. The maximum absolute atomic E-state index is 12.8. The lowest BCUT2D eigenvalue weighted by atomic mass is 9.51. The Hall–Kier alpha value is -1.84. The summed E-state index contributed by atoms with van der Waals surface area (Å²) in [5.74, 6) is 0.355. The number of aromatic carboxylic acids is 1. The van der Waals surface area contributed by atoms with Crippen LogP contribution < -0.4 is 0 Å². The van der Waals surface area contributed by atoms with Gasteiger partial charge in [0, 0.05) is 12.3 Å². The molecule has 0 amide bonds. The van der Waals surface area contributed by atoms with E-state index in [1.165, 1.54) is 44.6 Å². The molecule has 3 aliphatic rings. The minimum Gasteiger partial charge on any atom is -0.508 e. The number of benzene rings is 1. The first-order valence-electron chi connectivity index (χ1n) is 10.2. The summed E-state index contributed by atoms with van der Waals surface area (Å²) in [6.07, 6.45) is 9.69. The second-order valence-corrected chi connectivity index (χ2v) is 8.40. The number of ketones is 1. The zero-order chi connectivity index (χ0) is 18.4. The quantitative estimate of drug-likeness (QED) is 0.674. The van der Waals surface area contributed by atoms with E-state index in [-0.39, 0.29) is 35.4 Å². The fourth-order valence-corrected chi connectivity index (χ4v) is 5.89. The highest BCUT2D eigenvalue weighted by Gasteiger charge is 2.60. The summed E-state index contributed by atoms with van der Waals surface area (Å²) in [5, 5.41) is 19.8. The van der Waals surface area contributed by atoms with Crippen molar-refractivity contribution in [2.45, 2.75) is 70.6 Å². The van der Waals surface area contributed by atoms with E-state index in [4.69, 9.17) is 0 Å². The summed E-state index contributed by atoms with van der Waals surface area (Å²) in [6.45, 7) is 2.22. The molecule has 3 aliphatic carbocycles. The molecule has 0 saturated heterocycles. The Kier molecular flexibility index (Phi) is 4.54. The van der Waals surface area contributed by atoms with Gasteiger partial charge in [-0.25, -0.2) is 4.79 Å². The van der Waals surface area contributed by atoms with Gasteiger partial charge in [-0.15, -0.1) is 0 Å². The van der Waals surface area contributed by atoms with Gasteiger partial charge in [-0.05, 0) is 53.4 Å². The first kappa shape index (κ1) is 17.6. The van der Waals surface area contributed by atoms with E-state index in [0.29, 0.717) is 17.4 Å². The molecule has 0 spiro atoms. The fraction of sp³-hybridized carbons (Fsp3) is 0.636. The summed E-state index contributed by atoms with van der Waals surface area (Å²) in [7, 11) is 0. The normalized spacial score (nSPS) is 28.0. The molecule has 4 unspecified atom stereocenters. The zero-order valence-corrected chi connectivity index (χ0v) is 15.5. The van der Waals surface area contributed by atoms with Crippen molar-refractivity contribution in [2.75, 3.05) is 0 Å². The molecule has 1 saturated carbocycles. The second kappa shape index (κ2) is 6.71. The van der Waals surface area contributed by atoms with Gasteiger partial charge in [0.15, 0.2) is 0 Å². The van der Waals surface area contributed by atoms with E-state index in [1.54, 1.807) is 0 Å². The Morgan fingerprint density at radius 1 is 1.12 bits per heavy atom. The van der Waals surface area contributed by atoms with Crippen LogP contribution in [0.2, 0.25) is 0 Å². The predicted molar refractivity (Wildman–Crippen MR) is 98.7 cm³/mol. The third-order valence-corrected chi connectivity index (χ3v) is 7.04. The summed E-state index contributed by atoms with van der Waals surface area (Å²) in [6, 6.07) is 1.36. The van der Waals surface area contributed by atoms with Gasteiger partial charge in [-0.3, -0.25) is 4.79 Å². The van der Waals surface area contributed by atoms with E-state index in [0.717, 1.165) is 24.0 Å². The smallest absolute Gasteiger partial charge is 0.336 e. The third kappa shape index (κ3) is 2.57. The number of hydrogen-bond acceptors (Lipinski definition) is 3. The van der Waals surface area contributed by atoms with Crippen LogP contribution in [0.1, 0.15) is 84.8 Å². The first-order valence-corrected chi connectivity index (χ1v) is 10.2. The van der Waals surface area contributed by atoms with Crippen molar-refractivity contribution < 1.29 is 19.8 Å². The number of phenols is 1. The maximum Gasteiger partial charge on any atom is 0.336 e. The molecule has 0 aromatic heterocycles. The van der Waals surface area contributed by atoms with E-state index in [1.807, 2.05) is 0 Å². The Morgan fingerprint density at radius 2 is 1.85 bits per heavy atom.